The van der Waals surface area contributed by atoms with Gasteiger partial charge < -0.3 is 25.3 Å². The number of anilines is 2. The number of alkyl halides is 1. The van der Waals surface area contributed by atoms with E-state index in [2.05, 4.69) is 15.3 Å². The molecule has 0 spiro atoms. The number of fused-ring (bicyclic) bond motifs is 4. The van der Waals surface area contributed by atoms with Crippen LogP contribution in [0.25, 0.3) is 32.6 Å². The van der Waals surface area contributed by atoms with Crippen LogP contribution in [0.3, 0.4) is 0 Å². The standard InChI is InChI=1S/C31H23ClN4O3/c32-15-20-16-36(27-14-17-5-1-3-7-22(17)29(37)28(20)27)31(39)26-13-19-11-21(9-10-24(19)35-26)33-30(38)25-12-18-6-2-4-8-23(18)34-25/h1-14,20,34-35,37H,15-16H2,(H,33,38)/t20-/m0/s1. The molecule has 0 radical (unpaired) electrons. The lowest BCUT2D eigenvalue weighted by molar-refractivity contribution is 0.0983. The number of carbonyl (C=O) groups is 2. The molecule has 0 aliphatic carbocycles. The Morgan fingerprint density at radius 3 is 2.41 bits per heavy atom. The van der Waals surface area contributed by atoms with Crippen LogP contribution in [-0.2, 0) is 0 Å². The number of rotatable bonds is 4. The fourth-order valence-electron chi connectivity index (χ4n) is 5.55. The van der Waals surface area contributed by atoms with Crippen molar-refractivity contribution in [1.29, 1.82) is 0 Å². The molecule has 0 bridgehead atoms. The molecule has 8 heteroatoms. The number of carbonyl (C=O) groups excluding carboxylic acids is 2. The van der Waals surface area contributed by atoms with Crippen LogP contribution in [0.15, 0.2) is 84.9 Å². The highest BCUT2D eigenvalue weighted by Crippen LogP contribution is 2.46. The molecule has 7 rings (SSSR count). The molecule has 192 valence electrons. The first kappa shape index (κ1) is 23.4. The van der Waals surface area contributed by atoms with E-state index in [-0.39, 0.29) is 29.4 Å². The third-order valence-corrected chi connectivity index (χ3v) is 7.83. The van der Waals surface area contributed by atoms with Crippen molar-refractivity contribution in [1.82, 2.24) is 9.97 Å². The quantitative estimate of drug-likeness (QED) is 0.188. The Morgan fingerprint density at radius 1 is 0.872 bits per heavy atom. The molecule has 39 heavy (non-hydrogen) atoms. The van der Waals surface area contributed by atoms with Crippen LogP contribution in [0.1, 0.15) is 32.5 Å². The molecule has 7 nitrogen and oxygen atoms in total. The Labute approximate surface area is 228 Å². The Hall–Kier alpha value is -4.75. The molecule has 4 N–H and O–H groups in total. The average Bonchev–Trinajstić information content (AvgIpc) is 3.67. The summed E-state index contributed by atoms with van der Waals surface area (Å²) in [6.45, 7) is 0.378. The molecule has 0 fully saturated rings. The number of phenols is 1. The summed E-state index contributed by atoms with van der Waals surface area (Å²) in [6, 6.07) is 26.3. The maximum Gasteiger partial charge on any atom is 0.274 e. The first-order chi connectivity index (χ1) is 19.0. The highest BCUT2D eigenvalue weighted by molar-refractivity contribution is 6.19. The van der Waals surface area contributed by atoms with Crippen LogP contribution in [-0.4, -0.2) is 39.3 Å². The fourth-order valence-corrected chi connectivity index (χ4v) is 5.80. The highest BCUT2D eigenvalue weighted by Gasteiger charge is 2.36. The Bertz CT molecular complexity index is 1910. The van der Waals surface area contributed by atoms with E-state index in [1.165, 1.54) is 0 Å². The number of aromatic nitrogens is 2. The maximum absolute atomic E-state index is 13.7. The lowest BCUT2D eigenvalue weighted by Crippen LogP contribution is -2.30. The van der Waals surface area contributed by atoms with Gasteiger partial charge in [0.25, 0.3) is 11.8 Å². The Morgan fingerprint density at radius 2 is 1.59 bits per heavy atom. The van der Waals surface area contributed by atoms with Crippen LogP contribution in [0.2, 0.25) is 0 Å². The smallest absolute Gasteiger partial charge is 0.274 e. The van der Waals surface area contributed by atoms with Gasteiger partial charge in [-0.3, -0.25) is 9.59 Å². The number of halogens is 1. The first-order valence-electron chi connectivity index (χ1n) is 12.6. The van der Waals surface area contributed by atoms with E-state index in [4.69, 9.17) is 11.6 Å². The van der Waals surface area contributed by atoms with Crippen LogP contribution in [0.4, 0.5) is 11.4 Å². The summed E-state index contributed by atoms with van der Waals surface area (Å²) in [6.07, 6.45) is 0. The summed E-state index contributed by atoms with van der Waals surface area (Å²) < 4.78 is 0. The second-order valence-electron chi connectivity index (χ2n) is 9.86. The summed E-state index contributed by atoms with van der Waals surface area (Å²) >= 11 is 6.27. The average molecular weight is 535 g/mol. The van der Waals surface area contributed by atoms with Gasteiger partial charge in [-0.1, -0.05) is 42.5 Å². The predicted octanol–water partition coefficient (Wildman–Crippen LogP) is 6.74. The molecule has 4 aromatic carbocycles. The summed E-state index contributed by atoms with van der Waals surface area (Å²) in [4.78, 5) is 34.6. The second kappa shape index (κ2) is 8.92. The van der Waals surface area contributed by atoms with Gasteiger partial charge in [0.05, 0.1) is 5.69 Å². The minimum atomic E-state index is -0.245. The topological polar surface area (TPSA) is 101 Å². The van der Waals surface area contributed by atoms with E-state index in [9.17, 15) is 14.7 Å². The maximum atomic E-state index is 13.7. The third-order valence-electron chi connectivity index (χ3n) is 7.46. The predicted molar refractivity (Wildman–Crippen MR) is 155 cm³/mol. The van der Waals surface area contributed by atoms with Crippen LogP contribution in [0.5, 0.6) is 5.75 Å². The number of H-pyrrole nitrogens is 2. The molecule has 0 saturated heterocycles. The Balaban J connectivity index is 1.18. The largest absolute Gasteiger partial charge is 0.507 e. The van der Waals surface area contributed by atoms with Gasteiger partial charge in [0.15, 0.2) is 0 Å². The normalized spacial score (nSPS) is 14.8. The van der Waals surface area contributed by atoms with Crippen molar-refractivity contribution in [3.05, 3.63) is 102 Å². The van der Waals surface area contributed by atoms with Gasteiger partial charge in [-0.15, -0.1) is 11.6 Å². The first-order valence-corrected chi connectivity index (χ1v) is 13.2. The van der Waals surface area contributed by atoms with Gasteiger partial charge >= 0.3 is 0 Å². The van der Waals surface area contributed by atoms with E-state index in [0.29, 0.717) is 34.9 Å². The molecule has 0 unspecified atom stereocenters. The van der Waals surface area contributed by atoms with Crippen LogP contribution < -0.4 is 10.2 Å². The summed E-state index contributed by atoms with van der Waals surface area (Å²) in [5.41, 5.74) is 4.55. The van der Waals surface area contributed by atoms with Crippen LogP contribution >= 0.6 is 11.6 Å². The molecular formula is C31H23ClN4O3. The van der Waals surface area contributed by atoms with Gasteiger partial charge in [0.2, 0.25) is 0 Å². The molecule has 1 aliphatic heterocycles. The number of nitrogens with zero attached hydrogens (tertiary/aromatic N) is 1. The van der Waals surface area contributed by atoms with E-state index >= 15 is 0 Å². The molecule has 3 heterocycles. The van der Waals surface area contributed by atoms with Crippen molar-refractivity contribution in [2.45, 2.75) is 5.92 Å². The van der Waals surface area contributed by atoms with Gasteiger partial charge in [-0.25, -0.2) is 0 Å². The number of aromatic amines is 2. The molecule has 1 aliphatic rings. The van der Waals surface area contributed by atoms with Crippen molar-refractivity contribution >= 4 is 67.4 Å². The third kappa shape index (κ3) is 3.82. The van der Waals surface area contributed by atoms with Crippen molar-refractivity contribution in [3.63, 3.8) is 0 Å². The number of hydrogen-bond acceptors (Lipinski definition) is 3. The minimum absolute atomic E-state index is 0.175. The van der Waals surface area contributed by atoms with Crippen LogP contribution in [0, 0.1) is 0 Å². The van der Waals surface area contributed by atoms with Gasteiger partial charge in [0.1, 0.15) is 17.1 Å². The molecule has 2 amide bonds. The number of para-hydroxylation sites is 1. The van der Waals surface area contributed by atoms with E-state index in [1.807, 2.05) is 72.8 Å². The lowest BCUT2D eigenvalue weighted by atomic mass is 9.97. The number of phenolic OH excluding ortho intramolecular Hbond substituents is 1. The zero-order chi connectivity index (χ0) is 26.7. The number of amides is 2. The van der Waals surface area contributed by atoms with E-state index in [1.54, 1.807) is 17.0 Å². The molecule has 1 atom stereocenters. The monoisotopic (exact) mass is 534 g/mol. The van der Waals surface area contributed by atoms with Gasteiger partial charge in [-0.05, 0) is 47.9 Å². The summed E-state index contributed by atoms with van der Waals surface area (Å²) in [5.74, 6) is -0.167. The van der Waals surface area contributed by atoms with Crippen molar-refractivity contribution < 1.29 is 14.7 Å². The minimum Gasteiger partial charge on any atom is -0.507 e. The van der Waals surface area contributed by atoms with E-state index in [0.717, 1.165) is 32.6 Å². The zero-order valence-electron chi connectivity index (χ0n) is 20.7. The molecule has 2 aromatic heterocycles. The van der Waals surface area contributed by atoms with E-state index < -0.39 is 0 Å². The van der Waals surface area contributed by atoms with Crippen molar-refractivity contribution in [3.8, 4) is 5.75 Å². The lowest BCUT2D eigenvalue weighted by Gasteiger charge is -2.17. The fraction of sp³-hybridized carbons (Fsp3) is 0.0968. The van der Waals surface area contributed by atoms with Gasteiger partial charge in [0, 0.05) is 56.8 Å². The zero-order valence-corrected chi connectivity index (χ0v) is 21.4. The summed E-state index contributed by atoms with van der Waals surface area (Å²) in [5, 5.41) is 17.3. The van der Waals surface area contributed by atoms with Crippen molar-refractivity contribution in [2.24, 2.45) is 0 Å². The van der Waals surface area contributed by atoms with Gasteiger partial charge in [-0.2, -0.15) is 0 Å². The molecule has 0 saturated carbocycles. The second-order valence-corrected chi connectivity index (χ2v) is 10.2. The van der Waals surface area contributed by atoms with Crippen molar-refractivity contribution in [2.75, 3.05) is 22.6 Å². The summed E-state index contributed by atoms with van der Waals surface area (Å²) in [7, 11) is 0. The number of aromatic hydroxyl groups is 1. The highest BCUT2D eigenvalue weighted by atomic mass is 35.5. The number of benzene rings is 4. The molecular weight excluding hydrogens is 512 g/mol. The number of nitrogens with one attached hydrogen (secondary N) is 3. The molecule has 6 aromatic rings. The SMILES string of the molecule is O=C(Nc1ccc2[nH]c(C(=O)N3C[C@H](CCl)c4c3cc3ccccc3c4O)cc2c1)c1cc2ccccc2[nH]1. The number of hydrogen-bond donors (Lipinski definition) is 4. The Kier molecular flexibility index (Phi) is 5.35.